The van der Waals surface area contributed by atoms with Crippen LogP contribution in [0.25, 0.3) is 0 Å². The molecule has 0 saturated heterocycles. The molecular formula is C14H17N3O3. The number of hydrogen-bond acceptors (Lipinski definition) is 4. The lowest BCUT2D eigenvalue weighted by atomic mass is 10.1. The second-order valence-corrected chi connectivity index (χ2v) is 4.56. The van der Waals surface area contributed by atoms with E-state index in [9.17, 15) is 4.79 Å². The van der Waals surface area contributed by atoms with Crippen molar-refractivity contribution in [2.75, 3.05) is 0 Å². The maximum Gasteiger partial charge on any atom is 0.358 e. The number of carbonyl (C=O) groups is 1. The standard InChI is InChI=1S/C14H17N3O3/c1-4-17-11(13(14(18)19)15-16-17)8-20-12-7-9(2)5-6-10(12)3/h5-7H,4,8H2,1-3H3,(H,18,19). The predicted molar refractivity (Wildman–Crippen MR) is 72.9 cm³/mol. The summed E-state index contributed by atoms with van der Waals surface area (Å²) in [6.07, 6.45) is 0. The Hall–Kier alpha value is -2.37. The fraction of sp³-hybridized carbons (Fsp3) is 0.357. The summed E-state index contributed by atoms with van der Waals surface area (Å²) in [4.78, 5) is 11.1. The van der Waals surface area contributed by atoms with E-state index >= 15 is 0 Å². The number of aryl methyl sites for hydroxylation is 3. The van der Waals surface area contributed by atoms with E-state index in [0.717, 1.165) is 16.9 Å². The normalized spacial score (nSPS) is 10.6. The summed E-state index contributed by atoms with van der Waals surface area (Å²) in [5.74, 6) is -0.352. The van der Waals surface area contributed by atoms with Crippen LogP contribution in [0.2, 0.25) is 0 Å². The number of aromatic nitrogens is 3. The molecule has 0 unspecified atom stereocenters. The third-order valence-electron chi connectivity index (χ3n) is 3.05. The third-order valence-corrected chi connectivity index (χ3v) is 3.05. The Labute approximate surface area is 117 Å². The van der Waals surface area contributed by atoms with Gasteiger partial charge in [-0.05, 0) is 38.0 Å². The molecule has 0 radical (unpaired) electrons. The molecule has 0 aliphatic heterocycles. The van der Waals surface area contributed by atoms with E-state index in [-0.39, 0.29) is 12.3 Å². The highest BCUT2D eigenvalue weighted by molar-refractivity contribution is 5.86. The van der Waals surface area contributed by atoms with Gasteiger partial charge in [-0.3, -0.25) is 0 Å². The molecule has 0 fully saturated rings. The molecule has 6 heteroatoms. The van der Waals surface area contributed by atoms with Crippen LogP contribution in [-0.2, 0) is 13.2 Å². The minimum atomic E-state index is -1.09. The van der Waals surface area contributed by atoms with Gasteiger partial charge in [0.25, 0.3) is 0 Å². The number of ether oxygens (including phenoxy) is 1. The zero-order valence-corrected chi connectivity index (χ0v) is 11.8. The molecule has 0 bridgehead atoms. The molecule has 0 amide bonds. The van der Waals surface area contributed by atoms with Gasteiger partial charge >= 0.3 is 5.97 Å². The molecule has 1 heterocycles. The first-order valence-corrected chi connectivity index (χ1v) is 6.38. The monoisotopic (exact) mass is 275 g/mol. The number of carboxylic acid groups (broad SMARTS) is 1. The summed E-state index contributed by atoms with van der Waals surface area (Å²) >= 11 is 0. The van der Waals surface area contributed by atoms with Gasteiger partial charge < -0.3 is 9.84 Å². The summed E-state index contributed by atoms with van der Waals surface area (Å²) in [5.41, 5.74) is 2.51. The zero-order chi connectivity index (χ0) is 14.7. The maximum absolute atomic E-state index is 11.1. The molecule has 106 valence electrons. The van der Waals surface area contributed by atoms with Crippen molar-refractivity contribution in [2.45, 2.75) is 33.9 Å². The van der Waals surface area contributed by atoms with Crippen molar-refractivity contribution in [3.05, 3.63) is 40.7 Å². The predicted octanol–water partition coefficient (Wildman–Crippen LogP) is 2.19. The molecule has 2 aromatic rings. The van der Waals surface area contributed by atoms with Crippen LogP contribution in [0.1, 0.15) is 34.2 Å². The van der Waals surface area contributed by atoms with Crippen molar-refractivity contribution in [2.24, 2.45) is 0 Å². The second kappa shape index (κ2) is 5.73. The van der Waals surface area contributed by atoms with Gasteiger partial charge in [-0.2, -0.15) is 0 Å². The van der Waals surface area contributed by atoms with E-state index in [4.69, 9.17) is 9.84 Å². The summed E-state index contributed by atoms with van der Waals surface area (Å²) in [6, 6.07) is 5.90. The molecule has 1 aromatic carbocycles. The summed E-state index contributed by atoms with van der Waals surface area (Å²) in [7, 11) is 0. The number of carboxylic acids is 1. The number of nitrogens with zero attached hydrogens (tertiary/aromatic N) is 3. The fourth-order valence-corrected chi connectivity index (χ4v) is 1.90. The minimum Gasteiger partial charge on any atom is -0.487 e. The largest absolute Gasteiger partial charge is 0.487 e. The van der Waals surface area contributed by atoms with Gasteiger partial charge in [-0.25, -0.2) is 9.48 Å². The average molecular weight is 275 g/mol. The van der Waals surface area contributed by atoms with Gasteiger partial charge in [-0.1, -0.05) is 17.3 Å². The summed E-state index contributed by atoms with van der Waals surface area (Å²) in [6.45, 7) is 6.48. The minimum absolute atomic E-state index is 0.0582. The van der Waals surface area contributed by atoms with E-state index in [0.29, 0.717) is 12.2 Å². The van der Waals surface area contributed by atoms with Crippen LogP contribution in [0.5, 0.6) is 5.75 Å². The first-order chi connectivity index (χ1) is 9.52. The molecule has 1 N–H and O–H groups in total. The quantitative estimate of drug-likeness (QED) is 0.905. The van der Waals surface area contributed by atoms with Crippen molar-refractivity contribution in [1.29, 1.82) is 0 Å². The van der Waals surface area contributed by atoms with Crippen LogP contribution >= 0.6 is 0 Å². The Morgan fingerprint density at radius 1 is 1.40 bits per heavy atom. The molecule has 0 atom stereocenters. The Morgan fingerprint density at radius 2 is 2.15 bits per heavy atom. The molecule has 0 spiro atoms. The van der Waals surface area contributed by atoms with Crippen LogP contribution in [-0.4, -0.2) is 26.1 Å². The van der Waals surface area contributed by atoms with E-state index < -0.39 is 5.97 Å². The Kier molecular flexibility index (Phi) is 4.02. The van der Waals surface area contributed by atoms with Crippen molar-refractivity contribution in [3.63, 3.8) is 0 Å². The van der Waals surface area contributed by atoms with Gasteiger partial charge in [0.1, 0.15) is 18.1 Å². The Balaban J connectivity index is 2.24. The molecule has 6 nitrogen and oxygen atoms in total. The fourth-order valence-electron chi connectivity index (χ4n) is 1.90. The summed E-state index contributed by atoms with van der Waals surface area (Å²) < 4.78 is 7.27. The van der Waals surface area contributed by atoms with Crippen LogP contribution < -0.4 is 4.74 Å². The van der Waals surface area contributed by atoms with Crippen molar-refractivity contribution in [1.82, 2.24) is 15.0 Å². The smallest absolute Gasteiger partial charge is 0.358 e. The zero-order valence-electron chi connectivity index (χ0n) is 11.8. The van der Waals surface area contributed by atoms with Crippen LogP contribution in [0.4, 0.5) is 0 Å². The van der Waals surface area contributed by atoms with Crippen LogP contribution in [0, 0.1) is 13.8 Å². The van der Waals surface area contributed by atoms with E-state index in [1.807, 2.05) is 39.0 Å². The van der Waals surface area contributed by atoms with Crippen molar-refractivity contribution >= 4 is 5.97 Å². The maximum atomic E-state index is 11.1. The lowest BCUT2D eigenvalue weighted by Gasteiger charge is -2.11. The number of rotatable bonds is 5. The number of aromatic carboxylic acids is 1. The molecule has 0 aliphatic carbocycles. The second-order valence-electron chi connectivity index (χ2n) is 4.56. The van der Waals surface area contributed by atoms with E-state index in [1.54, 1.807) is 0 Å². The molecule has 2 rings (SSSR count). The number of hydrogen-bond donors (Lipinski definition) is 1. The first-order valence-electron chi connectivity index (χ1n) is 6.38. The molecular weight excluding hydrogens is 258 g/mol. The van der Waals surface area contributed by atoms with Crippen molar-refractivity contribution in [3.8, 4) is 5.75 Å². The lowest BCUT2D eigenvalue weighted by Crippen LogP contribution is -2.11. The lowest BCUT2D eigenvalue weighted by molar-refractivity contribution is 0.0687. The highest BCUT2D eigenvalue weighted by Gasteiger charge is 2.19. The SMILES string of the molecule is CCn1nnc(C(=O)O)c1COc1cc(C)ccc1C. The summed E-state index contributed by atoms with van der Waals surface area (Å²) in [5, 5.41) is 16.6. The molecule has 1 aromatic heterocycles. The van der Waals surface area contributed by atoms with Gasteiger partial charge in [-0.15, -0.1) is 5.10 Å². The highest BCUT2D eigenvalue weighted by atomic mass is 16.5. The average Bonchev–Trinajstić information content (AvgIpc) is 2.82. The van der Waals surface area contributed by atoms with Crippen LogP contribution in [0.3, 0.4) is 0 Å². The Morgan fingerprint density at radius 3 is 2.80 bits per heavy atom. The number of benzene rings is 1. The molecule has 0 aliphatic rings. The van der Waals surface area contributed by atoms with Gasteiger partial charge in [0.2, 0.25) is 0 Å². The Bertz CT molecular complexity index is 635. The topological polar surface area (TPSA) is 77.2 Å². The van der Waals surface area contributed by atoms with Gasteiger partial charge in [0, 0.05) is 6.54 Å². The van der Waals surface area contributed by atoms with Gasteiger partial charge in [0.05, 0.1) is 0 Å². The first kappa shape index (κ1) is 14.0. The van der Waals surface area contributed by atoms with Crippen molar-refractivity contribution < 1.29 is 14.6 Å². The third kappa shape index (κ3) is 2.79. The highest BCUT2D eigenvalue weighted by Crippen LogP contribution is 2.21. The van der Waals surface area contributed by atoms with Crippen LogP contribution in [0.15, 0.2) is 18.2 Å². The molecule has 0 saturated carbocycles. The van der Waals surface area contributed by atoms with Gasteiger partial charge in [0.15, 0.2) is 5.69 Å². The van der Waals surface area contributed by atoms with E-state index in [2.05, 4.69) is 10.3 Å². The van der Waals surface area contributed by atoms with E-state index in [1.165, 1.54) is 4.68 Å². The molecule has 20 heavy (non-hydrogen) atoms.